The Morgan fingerprint density at radius 3 is 2.59 bits per heavy atom. The van der Waals surface area contributed by atoms with Crippen LogP contribution in [0.3, 0.4) is 0 Å². The van der Waals surface area contributed by atoms with E-state index >= 15 is 0 Å². The number of benzene rings is 2. The number of carbonyl (C=O) groups excluding carboxylic acids is 2. The van der Waals surface area contributed by atoms with Crippen molar-refractivity contribution in [2.75, 3.05) is 11.1 Å². The van der Waals surface area contributed by atoms with E-state index in [-0.39, 0.29) is 29.1 Å². The first-order valence-electron chi connectivity index (χ1n) is 8.85. The van der Waals surface area contributed by atoms with Gasteiger partial charge < -0.3 is 10.6 Å². The zero-order chi connectivity index (χ0) is 19.2. The van der Waals surface area contributed by atoms with Crippen LogP contribution in [0.4, 0.5) is 5.69 Å². The Morgan fingerprint density at radius 1 is 1.11 bits per heavy atom. The van der Waals surface area contributed by atoms with Crippen molar-refractivity contribution in [3.8, 4) is 0 Å². The number of amides is 2. The number of anilines is 1. The van der Waals surface area contributed by atoms with Crippen LogP contribution in [0.2, 0.25) is 0 Å². The molecule has 1 fully saturated rings. The van der Waals surface area contributed by atoms with Crippen LogP contribution in [-0.4, -0.2) is 29.1 Å². The van der Waals surface area contributed by atoms with E-state index in [0.29, 0.717) is 6.42 Å². The molecule has 0 spiro atoms. The zero-order valence-electron chi connectivity index (χ0n) is 15.4. The van der Waals surface area contributed by atoms with E-state index in [9.17, 15) is 9.59 Å². The van der Waals surface area contributed by atoms with Crippen LogP contribution in [0.1, 0.15) is 16.7 Å². The fourth-order valence-corrected chi connectivity index (χ4v) is 3.62. The molecule has 2 aromatic carbocycles. The molecule has 2 aromatic rings. The van der Waals surface area contributed by atoms with E-state index in [1.165, 1.54) is 11.8 Å². The van der Waals surface area contributed by atoms with Gasteiger partial charge in [-0.25, -0.2) is 10.9 Å². The molecule has 1 saturated heterocycles. The first kappa shape index (κ1) is 19.4. The second-order valence-electron chi connectivity index (χ2n) is 6.60. The third kappa shape index (κ3) is 5.56. The summed E-state index contributed by atoms with van der Waals surface area (Å²) < 4.78 is 0. The first-order chi connectivity index (χ1) is 13.0. The molecule has 2 amide bonds. The standard InChI is InChI=1S/C20H24N4O2S/c1-13-8-9-16(14(2)10-13)21-18(25)12-27-20-22-19(26)17(23-24-20)11-15-6-4-3-5-7-15/h3-10,17,20,23-24H,11-12H2,1-2H3,(H,21,25)(H,22,26). The number of nitrogens with one attached hydrogen (secondary N) is 4. The van der Waals surface area contributed by atoms with Crippen molar-refractivity contribution in [1.82, 2.24) is 16.2 Å². The van der Waals surface area contributed by atoms with Crippen molar-refractivity contribution in [2.24, 2.45) is 0 Å². The van der Waals surface area contributed by atoms with E-state index in [1.807, 2.05) is 62.4 Å². The molecule has 3 rings (SSSR count). The molecule has 2 atom stereocenters. The van der Waals surface area contributed by atoms with Gasteiger partial charge in [0.2, 0.25) is 11.8 Å². The van der Waals surface area contributed by atoms with Gasteiger partial charge in [-0.3, -0.25) is 9.59 Å². The quantitative estimate of drug-likeness (QED) is 0.613. The van der Waals surface area contributed by atoms with Crippen LogP contribution in [0.25, 0.3) is 0 Å². The Bertz CT molecular complexity index is 813. The molecule has 142 valence electrons. The Morgan fingerprint density at radius 2 is 1.89 bits per heavy atom. The molecule has 6 nitrogen and oxygen atoms in total. The lowest BCUT2D eigenvalue weighted by Crippen LogP contribution is -2.64. The van der Waals surface area contributed by atoms with E-state index in [4.69, 9.17) is 0 Å². The number of thioether (sulfide) groups is 1. The molecule has 0 aliphatic carbocycles. The Labute approximate surface area is 163 Å². The summed E-state index contributed by atoms with van der Waals surface area (Å²) in [6, 6.07) is 15.4. The predicted molar refractivity (Wildman–Crippen MR) is 109 cm³/mol. The number of carbonyl (C=O) groups is 2. The number of aryl methyl sites for hydroxylation is 2. The average Bonchev–Trinajstić information content (AvgIpc) is 2.65. The number of hydrogen-bond acceptors (Lipinski definition) is 5. The second kappa shape index (κ2) is 9.03. The highest BCUT2D eigenvalue weighted by Crippen LogP contribution is 2.17. The van der Waals surface area contributed by atoms with Crippen LogP contribution in [0.5, 0.6) is 0 Å². The van der Waals surface area contributed by atoms with E-state index in [0.717, 1.165) is 22.4 Å². The Kier molecular flexibility index (Phi) is 6.49. The van der Waals surface area contributed by atoms with E-state index < -0.39 is 0 Å². The largest absolute Gasteiger partial charge is 0.329 e. The molecule has 0 saturated carbocycles. The molecule has 4 N–H and O–H groups in total. The molecule has 2 unspecified atom stereocenters. The SMILES string of the molecule is Cc1ccc(NC(=O)CSC2NNC(Cc3ccccc3)C(=O)N2)c(C)c1. The van der Waals surface area contributed by atoms with Gasteiger partial charge in [-0.2, -0.15) is 0 Å². The van der Waals surface area contributed by atoms with Crippen LogP contribution >= 0.6 is 11.8 Å². The summed E-state index contributed by atoms with van der Waals surface area (Å²) >= 11 is 1.33. The lowest BCUT2D eigenvalue weighted by molar-refractivity contribution is -0.125. The van der Waals surface area contributed by atoms with Gasteiger partial charge in [-0.05, 0) is 37.5 Å². The van der Waals surface area contributed by atoms with Crippen LogP contribution in [-0.2, 0) is 16.0 Å². The summed E-state index contributed by atoms with van der Waals surface area (Å²) in [5.41, 5.74) is 9.84. The molecular formula is C20H24N4O2S. The maximum atomic E-state index is 12.3. The fraction of sp³-hybridized carbons (Fsp3) is 0.300. The Hall–Kier alpha value is -2.35. The van der Waals surface area contributed by atoms with Gasteiger partial charge in [-0.1, -0.05) is 48.0 Å². The molecule has 27 heavy (non-hydrogen) atoms. The fourth-order valence-electron chi connectivity index (χ4n) is 2.88. The topological polar surface area (TPSA) is 82.3 Å². The number of hydrazine groups is 1. The first-order valence-corrected chi connectivity index (χ1v) is 9.90. The molecule has 1 heterocycles. The zero-order valence-corrected chi connectivity index (χ0v) is 16.2. The van der Waals surface area contributed by atoms with Gasteiger partial charge in [0.05, 0.1) is 5.75 Å². The predicted octanol–water partition coefficient (Wildman–Crippen LogP) is 2.09. The van der Waals surface area contributed by atoms with Crippen LogP contribution in [0.15, 0.2) is 48.5 Å². The van der Waals surface area contributed by atoms with E-state index in [1.54, 1.807) is 0 Å². The third-order valence-electron chi connectivity index (χ3n) is 4.30. The summed E-state index contributed by atoms with van der Waals surface area (Å²) in [7, 11) is 0. The second-order valence-corrected chi connectivity index (χ2v) is 7.69. The van der Waals surface area contributed by atoms with Gasteiger partial charge in [0.25, 0.3) is 0 Å². The van der Waals surface area contributed by atoms with Crippen molar-refractivity contribution in [3.05, 3.63) is 65.2 Å². The normalized spacial score (nSPS) is 19.4. The van der Waals surface area contributed by atoms with Crippen molar-refractivity contribution in [2.45, 2.75) is 31.8 Å². The minimum atomic E-state index is -0.352. The Balaban J connectivity index is 1.44. The molecule has 7 heteroatoms. The minimum absolute atomic E-state index is 0.0788. The highest BCUT2D eigenvalue weighted by atomic mass is 32.2. The van der Waals surface area contributed by atoms with E-state index in [2.05, 4.69) is 21.5 Å². The van der Waals surface area contributed by atoms with Gasteiger partial charge in [0.1, 0.15) is 11.5 Å². The maximum absolute atomic E-state index is 12.3. The molecule has 0 aromatic heterocycles. The monoisotopic (exact) mass is 384 g/mol. The van der Waals surface area contributed by atoms with Gasteiger partial charge in [-0.15, -0.1) is 11.8 Å². The molecule has 0 bridgehead atoms. The summed E-state index contributed by atoms with van der Waals surface area (Å²) in [4.78, 5) is 24.5. The summed E-state index contributed by atoms with van der Waals surface area (Å²) in [5.74, 6) is 0.0512. The van der Waals surface area contributed by atoms with Crippen molar-refractivity contribution in [3.63, 3.8) is 0 Å². The maximum Gasteiger partial charge on any atom is 0.240 e. The van der Waals surface area contributed by atoms with Crippen molar-refractivity contribution in [1.29, 1.82) is 0 Å². The minimum Gasteiger partial charge on any atom is -0.329 e. The number of rotatable bonds is 6. The molecule has 1 aliphatic rings. The van der Waals surface area contributed by atoms with Gasteiger partial charge in [0, 0.05) is 5.69 Å². The van der Waals surface area contributed by atoms with Gasteiger partial charge in [0.15, 0.2) is 0 Å². The average molecular weight is 385 g/mol. The highest BCUT2D eigenvalue weighted by molar-refractivity contribution is 8.00. The van der Waals surface area contributed by atoms with Crippen molar-refractivity contribution >= 4 is 29.3 Å². The summed E-state index contributed by atoms with van der Waals surface area (Å²) in [6.07, 6.45) is 0.601. The lowest BCUT2D eigenvalue weighted by atomic mass is 10.1. The summed E-state index contributed by atoms with van der Waals surface area (Å²) in [6.45, 7) is 3.99. The summed E-state index contributed by atoms with van der Waals surface area (Å²) in [5, 5.41) is 5.80. The highest BCUT2D eigenvalue weighted by Gasteiger charge is 2.27. The molecular weight excluding hydrogens is 360 g/mol. The third-order valence-corrected chi connectivity index (χ3v) is 5.30. The molecule has 0 radical (unpaired) electrons. The van der Waals surface area contributed by atoms with Crippen LogP contribution in [0, 0.1) is 13.8 Å². The smallest absolute Gasteiger partial charge is 0.240 e. The molecule has 1 aliphatic heterocycles. The number of hydrogen-bond donors (Lipinski definition) is 4. The van der Waals surface area contributed by atoms with Crippen molar-refractivity contribution < 1.29 is 9.59 Å². The lowest BCUT2D eigenvalue weighted by Gasteiger charge is -2.31. The van der Waals surface area contributed by atoms with Gasteiger partial charge >= 0.3 is 0 Å². The van der Waals surface area contributed by atoms with Crippen LogP contribution < -0.4 is 21.5 Å².